The van der Waals surface area contributed by atoms with E-state index in [1.54, 1.807) is 0 Å². The summed E-state index contributed by atoms with van der Waals surface area (Å²) in [6.45, 7) is 3.66. The van der Waals surface area contributed by atoms with Gasteiger partial charge in [-0.2, -0.15) is 0 Å². The van der Waals surface area contributed by atoms with Crippen molar-refractivity contribution in [2.75, 3.05) is 0 Å². The molecule has 0 fully saturated rings. The number of benzene rings is 3. The maximum absolute atomic E-state index is 4.74. The van der Waals surface area contributed by atoms with Gasteiger partial charge in [0.25, 0.3) is 0 Å². The average molecular weight is 309 g/mol. The Morgan fingerprint density at radius 2 is 1.33 bits per heavy atom. The fraction of sp³-hybridized carbons (Fsp3) is 0. The molecule has 0 amide bonds. The summed E-state index contributed by atoms with van der Waals surface area (Å²) in [4.78, 5) is 13.5. The normalized spacial score (nSPS) is 10.7. The molecule has 0 aliphatic rings. The van der Waals surface area contributed by atoms with Crippen LogP contribution in [0.15, 0.2) is 83.9 Å². The Morgan fingerprint density at radius 3 is 2.12 bits per heavy atom. The van der Waals surface area contributed by atoms with Gasteiger partial charge in [0, 0.05) is 10.9 Å². The van der Waals surface area contributed by atoms with Crippen LogP contribution in [0.3, 0.4) is 0 Å². The Bertz CT molecular complexity index is 1020. The first kappa shape index (κ1) is 14.3. The molecular formula is C21H15N3. The van der Waals surface area contributed by atoms with E-state index >= 15 is 0 Å². The molecule has 0 radical (unpaired) electrons. The van der Waals surface area contributed by atoms with Gasteiger partial charge in [-0.05, 0) is 30.0 Å². The highest BCUT2D eigenvalue weighted by atomic mass is 15.0. The molecule has 0 aliphatic carbocycles. The summed E-state index contributed by atoms with van der Waals surface area (Å²) < 4.78 is 0. The van der Waals surface area contributed by atoms with Crippen molar-refractivity contribution in [2.24, 2.45) is 4.99 Å². The second kappa shape index (κ2) is 6.05. The molecule has 114 valence electrons. The lowest BCUT2D eigenvalue weighted by Gasteiger charge is -2.10. The fourth-order valence-electron chi connectivity index (χ4n) is 2.85. The molecule has 3 nitrogen and oxygen atoms in total. The van der Waals surface area contributed by atoms with E-state index in [0.29, 0.717) is 11.6 Å². The SMILES string of the molecule is C=Nc1nc(-c2ccccc2-c2ccccc2)nc2ccccc12. The minimum absolute atomic E-state index is 0.610. The van der Waals surface area contributed by atoms with Gasteiger partial charge in [0.15, 0.2) is 11.6 Å². The van der Waals surface area contributed by atoms with Crippen molar-refractivity contribution in [3.05, 3.63) is 78.9 Å². The van der Waals surface area contributed by atoms with E-state index in [1.807, 2.05) is 60.7 Å². The topological polar surface area (TPSA) is 38.1 Å². The number of nitrogens with zero attached hydrogens (tertiary/aromatic N) is 3. The summed E-state index contributed by atoms with van der Waals surface area (Å²) in [6.07, 6.45) is 0. The van der Waals surface area contributed by atoms with Crippen molar-refractivity contribution in [3.8, 4) is 22.5 Å². The van der Waals surface area contributed by atoms with E-state index in [4.69, 9.17) is 4.98 Å². The predicted molar refractivity (Wildman–Crippen MR) is 99.6 cm³/mol. The van der Waals surface area contributed by atoms with Crippen LogP contribution in [0.2, 0.25) is 0 Å². The van der Waals surface area contributed by atoms with Crippen LogP contribution in [0.4, 0.5) is 5.82 Å². The molecule has 1 aromatic heterocycles. The Labute approximate surface area is 140 Å². The van der Waals surface area contributed by atoms with E-state index < -0.39 is 0 Å². The summed E-state index contributed by atoms with van der Waals surface area (Å²) in [5.41, 5.74) is 4.09. The second-order valence-corrected chi connectivity index (χ2v) is 5.46. The molecule has 0 saturated carbocycles. The zero-order valence-corrected chi connectivity index (χ0v) is 13.1. The first-order chi connectivity index (χ1) is 11.9. The van der Waals surface area contributed by atoms with Crippen LogP contribution in [0.5, 0.6) is 0 Å². The van der Waals surface area contributed by atoms with Gasteiger partial charge in [-0.1, -0.05) is 66.7 Å². The van der Waals surface area contributed by atoms with Crippen molar-refractivity contribution >= 4 is 23.4 Å². The van der Waals surface area contributed by atoms with Crippen molar-refractivity contribution in [1.29, 1.82) is 0 Å². The molecule has 3 heteroatoms. The number of hydrogen-bond acceptors (Lipinski definition) is 3. The van der Waals surface area contributed by atoms with Crippen molar-refractivity contribution in [3.63, 3.8) is 0 Å². The number of hydrogen-bond donors (Lipinski definition) is 0. The minimum Gasteiger partial charge on any atom is -0.244 e. The molecule has 3 aromatic carbocycles. The predicted octanol–water partition coefficient (Wildman–Crippen LogP) is 5.30. The summed E-state index contributed by atoms with van der Waals surface area (Å²) in [5.74, 6) is 1.27. The summed E-state index contributed by atoms with van der Waals surface area (Å²) in [6, 6.07) is 26.3. The van der Waals surface area contributed by atoms with E-state index in [2.05, 4.69) is 34.9 Å². The standard InChI is InChI=1S/C21H15N3/c1-22-20-18-13-7-8-14-19(18)23-21(24-20)17-12-6-5-11-16(17)15-9-3-2-4-10-15/h2-14H,1H2. The van der Waals surface area contributed by atoms with Crippen LogP contribution >= 0.6 is 0 Å². The summed E-state index contributed by atoms with van der Waals surface area (Å²) in [5, 5.41) is 0.911. The Hall–Kier alpha value is -3.33. The van der Waals surface area contributed by atoms with Gasteiger partial charge in [-0.3, -0.25) is 0 Å². The smallest absolute Gasteiger partial charge is 0.163 e. The maximum Gasteiger partial charge on any atom is 0.163 e. The van der Waals surface area contributed by atoms with E-state index in [9.17, 15) is 0 Å². The number of fused-ring (bicyclic) bond motifs is 1. The Morgan fingerprint density at radius 1 is 0.667 bits per heavy atom. The van der Waals surface area contributed by atoms with Crippen LogP contribution in [0.25, 0.3) is 33.4 Å². The lowest BCUT2D eigenvalue weighted by atomic mass is 9.99. The molecule has 0 unspecified atom stereocenters. The zero-order chi connectivity index (χ0) is 16.4. The van der Waals surface area contributed by atoms with Gasteiger partial charge in [0.1, 0.15) is 0 Å². The van der Waals surface area contributed by atoms with Gasteiger partial charge in [-0.25, -0.2) is 15.0 Å². The highest BCUT2D eigenvalue weighted by Gasteiger charge is 2.12. The third-order valence-electron chi connectivity index (χ3n) is 3.99. The molecule has 1 heterocycles. The van der Waals surface area contributed by atoms with Crippen molar-refractivity contribution in [1.82, 2.24) is 9.97 Å². The third kappa shape index (κ3) is 2.46. The van der Waals surface area contributed by atoms with Gasteiger partial charge in [0.05, 0.1) is 5.52 Å². The van der Waals surface area contributed by atoms with Gasteiger partial charge < -0.3 is 0 Å². The van der Waals surface area contributed by atoms with E-state index in [1.165, 1.54) is 0 Å². The molecular weight excluding hydrogens is 294 g/mol. The lowest BCUT2D eigenvalue weighted by molar-refractivity contribution is 1.21. The molecule has 24 heavy (non-hydrogen) atoms. The number of para-hydroxylation sites is 1. The number of aromatic nitrogens is 2. The molecule has 4 rings (SSSR count). The quantitative estimate of drug-likeness (QED) is 0.482. The monoisotopic (exact) mass is 309 g/mol. The Kier molecular flexibility index (Phi) is 3.60. The molecule has 0 spiro atoms. The largest absolute Gasteiger partial charge is 0.244 e. The second-order valence-electron chi connectivity index (χ2n) is 5.46. The Balaban J connectivity index is 1.98. The van der Waals surface area contributed by atoms with Gasteiger partial charge >= 0.3 is 0 Å². The van der Waals surface area contributed by atoms with Crippen LogP contribution in [0, 0.1) is 0 Å². The summed E-state index contributed by atoms with van der Waals surface area (Å²) >= 11 is 0. The molecule has 0 atom stereocenters. The lowest BCUT2D eigenvalue weighted by Crippen LogP contribution is -1.93. The van der Waals surface area contributed by atoms with Crippen LogP contribution < -0.4 is 0 Å². The first-order valence-electron chi connectivity index (χ1n) is 7.75. The van der Waals surface area contributed by atoms with Crippen LogP contribution in [-0.2, 0) is 0 Å². The summed E-state index contributed by atoms with van der Waals surface area (Å²) in [7, 11) is 0. The average Bonchev–Trinajstić information content (AvgIpc) is 2.68. The van der Waals surface area contributed by atoms with Gasteiger partial charge in [0.2, 0.25) is 0 Å². The minimum atomic E-state index is 0.610. The van der Waals surface area contributed by atoms with E-state index in [0.717, 1.165) is 27.6 Å². The molecule has 0 aliphatic heterocycles. The molecule has 4 aromatic rings. The van der Waals surface area contributed by atoms with E-state index in [-0.39, 0.29) is 0 Å². The van der Waals surface area contributed by atoms with Crippen LogP contribution in [-0.4, -0.2) is 16.7 Å². The van der Waals surface area contributed by atoms with Crippen molar-refractivity contribution < 1.29 is 0 Å². The van der Waals surface area contributed by atoms with Gasteiger partial charge in [-0.15, -0.1) is 0 Å². The van der Waals surface area contributed by atoms with Crippen molar-refractivity contribution in [2.45, 2.75) is 0 Å². The first-order valence-corrected chi connectivity index (χ1v) is 7.75. The highest BCUT2D eigenvalue weighted by Crippen LogP contribution is 2.32. The number of aliphatic imine (C=N–C) groups is 1. The molecule has 0 bridgehead atoms. The zero-order valence-electron chi connectivity index (χ0n) is 13.1. The van der Waals surface area contributed by atoms with Crippen LogP contribution in [0.1, 0.15) is 0 Å². The third-order valence-corrected chi connectivity index (χ3v) is 3.99. The number of rotatable bonds is 3. The maximum atomic E-state index is 4.74. The molecule has 0 saturated heterocycles. The fourth-order valence-corrected chi connectivity index (χ4v) is 2.85. The molecule has 0 N–H and O–H groups in total. The highest BCUT2D eigenvalue weighted by molar-refractivity contribution is 5.91.